The van der Waals surface area contributed by atoms with E-state index < -0.39 is 0 Å². The lowest BCUT2D eigenvalue weighted by Gasteiger charge is -2.06. The number of hydrogen-bond acceptors (Lipinski definition) is 0. The van der Waals surface area contributed by atoms with Crippen molar-refractivity contribution in [1.82, 2.24) is 0 Å². The third-order valence-electron chi connectivity index (χ3n) is 2.62. The predicted molar refractivity (Wildman–Crippen MR) is 32.4 cm³/mol. The summed E-state index contributed by atoms with van der Waals surface area (Å²) in [6.45, 7) is 0. The van der Waals surface area contributed by atoms with Crippen molar-refractivity contribution in [1.29, 1.82) is 0 Å². The molecule has 0 N–H and O–H groups in total. The zero-order valence-corrected chi connectivity index (χ0v) is 4.78. The van der Waals surface area contributed by atoms with Crippen molar-refractivity contribution in [2.75, 3.05) is 0 Å². The van der Waals surface area contributed by atoms with Gasteiger partial charge < -0.3 is 0 Å². The van der Waals surface area contributed by atoms with Crippen molar-refractivity contribution in [3.8, 4) is 0 Å². The summed E-state index contributed by atoms with van der Waals surface area (Å²) in [6.07, 6.45) is 6.62. The fourth-order valence-corrected chi connectivity index (χ4v) is 2.09. The van der Waals surface area contributed by atoms with E-state index in [2.05, 4.69) is 6.08 Å². The molecule has 4 bridgehead atoms. The van der Waals surface area contributed by atoms with Crippen LogP contribution in [0.2, 0.25) is 0 Å². The van der Waals surface area contributed by atoms with Gasteiger partial charge in [-0.1, -0.05) is 22.8 Å². The van der Waals surface area contributed by atoms with Crippen LogP contribution >= 0.6 is 0 Å². The molecule has 1 atom stereocenters. The minimum absolute atomic E-state index is 0.916. The Hall–Kier alpha value is -0.520. The molecule has 8 heavy (non-hydrogen) atoms. The highest BCUT2D eigenvalue weighted by atomic mass is 14.5. The van der Waals surface area contributed by atoms with E-state index in [9.17, 15) is 0 Å². The molecule has 0 saturated heterocycles. The minimum atomic E-state index is 0.916. The van der Waals surface area contributed by atoms with Crippen LogP contribution in [0.1, 0.15) is 19.3 Å². The Balaban J connectivity index is 2.25. The molecule has 1 unspecified atom stereocenters. The van der Waals surface area contributed by atoms with Gasteiger partial charge in [0.05, 0.1) is 0 Å². The summed E-state index contributed by atoms with van der Waals surface area (Å²) in [6, 6.07) is 0. The van der Waals surface area contributed by atoms with Crippen LogP contribution in [0, 0.1) is 5.92 Å². The van der Waals surface area contributed by atoms with Crippen LogP contribution in [0.3, 0.4) is 0 Å². The van der Waals surface area contributed by atoms with Gasteiger partial charge in [0.2, 0.25) is 0 Å². The molecule has 0 aromatic rings. The number of rotatable bonds is 0. The zero-order chi connectivity index (χ0) is 5.14. The van der Waals surface area contributed by atoms with Crippen LogP contribution in [-0.4, -0.2) is 0 Å². The molecule has 0 nitrogen and oxygen atoms in total. The summed E-state index contributed by atoms with van der Waals surface area (Å²) in [7, 11) is 0. The van der Waals surface area contributed by atoms with Gasteiger partial charge in [-0.25, -0.2) is 0 Å². The molecule has 0 aliphatic heterocycles. The van der Waals surface area contributed by atoms with Crippen LogP contribution in [0.25, 0.3) is 0 Å². The van der Waals surface area contributed by atoms with Crippen LogP contribution in [-0.2, 0) is 0 Å². The molecule has 4 aliphatic rings. The molecule has 0 amide bonds. The average molecular weight is 104 g/mol. The van der Waals surface area contributed by atoms with E-state index in [1.54, 1.807) is 16.7 Å². The maximum atomic E-state index is 2.47. The fraction of sp³-hybridized carbons (Fsp3) is 0.500. The van der Waals surface area contributed by atoms with Gasteiger partial charge in [0.15, 0.2) is 0 Å². The summed E-state index contributed by atoms with van der Waals surface area (Å²) in [4.78, 5) is 0. The molecule has 0 aromatic heterocycles. The van der Waals surface area contributed by atoms with Gasteiger partial charge in [0.1, 0.15) is 0 Å². The van der Waals surface area contributed by atoms with E-state index in [-0.39, 0.29) is 0 Å². The molecule has 0 spiro atoms. The predicted octanol–water partition coefficient (Wildman–Crippen LogP) is 2.04. The maximum absolute atomic E-state index is 2.47. The van der Waals surface area contributed by atoms with Crippen molar-refractivity contribution in [3.63, 3.8) is 0 Å². The maximum Gasteiger partial charge on any atom is 0.0199 e. The summed E-state index contributed by atoms with van der Waals surface area (Å²) in [5.41, 5.74) is 5.30. The van der Waals surface area contributed by atoms with Crippen molar-refractivity contribution in [2.45, 2.75) is 19.3 Å². The van der Waals surface area contributed by atoms with Crippen molar-refractivity contribution in [2.24, 2.45) is 5.92 Å². The van der Waals surface area contributed by atoms with E-state index in [1.807, 2.05) is 0 Å². The van der Waals surface area contributed by atoms with Crippen molar-refractivity contribution >= 4 is 0 Å². The first-order valence-electron chi connectivity index (χ1n) is 3.36. The second-order valence-electron chi connectivity index (χ2n) is 3.03. The first kappa shape index (κ1) is 3.49. The average Bonchev–Trinajstić information content (AvgIpc) is 2.38. The highest BCUT2D eigenvalue weighted by molar-refractivity contribution is 5.56. The van der Waals surface area contributed by atoms with E-state index in [1.165, 1.54) is 19.3 Å². The van der Waals surface area contributed by atoms with Gasteiger partial charge in [-0.15, -0.1) is 0 Å². The summed E-state index contributed by atoms with van der Waals surface area (Å²) >= 11 is 0. The smallest absolute Gasteiger partial charge is 0.0199 e. The molecule has 4 aliphatic carbocycles. The Morgan fingerprint density at radius 1 is 1.25 bits per heavy atom. The van der Waals surface area contributed by atoms with Crippen LogP contribution in [0.5, 0.6) is 0 Å². The summed E-state index contributed by atoms with van der Waals surface area (Å²) in [5, 5.41) is 0. The third-order valence-corrected chi connectivity index (χ3v) is 2.62. The Labute approximate surface area is 48.9 Å². The molecular formula is C8H8. The molecule has 0 saturated carbocycles. The lowest BCUT2D eigenvalue weighted by Crippen LogP contribution is -1.88. The molecule has 0 aromatic carbocycles. The van der Waals surface area contributed by atoms with E-state index in [0.29, 0.717) is 0 Å². The Kier molecular flexibility index (Phi) is 0.355. The van der Waals surface area contributed by atoms with Crippen LogP contribution in [0.15, 0.2) is 22.8 Å². The largest absolute Gasteiger partial charge is 0.0737 e. The Morgan fingerprint density at radius 3 is 2.50 bits per heavy atom. The zero-order valence-electron chi connectivity index (χ0n) is 4.78. The van der Waals surface area contributed by atoms with Gasteiger partial charge in [0, 0.05) is 5.92 Å². The lowest BCUT2D eigenvalue weighted by atomic mass is 9.99. The number of allylic oxidation sites excluding steroid dienone is 4. The molecular weight excluding hydrogens is 96.1 g/mol. The Morgan fingerprint density at radius 2 is 2.25 bits per heavy atom. The van der Waals surface area contributed by atoms with E-state index in [4.69, 9.17) is 0 Å². The normalized spacial score (nSPS) is 38.0. The second kappa shape index (κ2) is 0.812. The van der Waals surface area contributed by atoms with E-state index in [0.717, 1.165) is 5.92 Å². The first-order chi connectivity index (χ1) is 3.95. The Bertz CT molecular complexity index is 210. The van der Waals surface area contributed by atoms with E-state index >= 15 is 0 Å². The minimum Gasteiger partial charge on any atom is -0.0737 e. The van der Waals surface area contributed by atoms with Gasteiger partial charge in [-0.05, 0) is 19.3 Å². The van der Waals surface area contributed by atoms with Crippen molar-refractivity contribution in [3.05, 3.63) is 22.8 Å². The second-order valence-corrected chi connectivity index (χ2v) is 3.03. The fourth-order valence-electron chi connectivity index (χ4n) is 2.09. The quantitative estimate of drug-likeness (QED) is 0.412. The molecule has 0 fully saturated rings. The van der Waals surface area contributed by atoms with Crippen molar-refractivity contribution < 1.29 is 0 Å². The van der Waals surface area contributed by atoms with Gasteiger partial charge >= 0.3 is 0 Å². The molecule has 0 heterocycles. The monoisotopic (exact) mass is 104 g/mol. The SMILES string of the molecule is C1=C2CCC3=C(C2)C13. The van der Waals surface area contributed by atoms with Gasteiger partial charge in [0.25, 0.3) is 0 Å². The van der Waals surface area contributed by atoms with Crippen LogP contribution < -0.4 is 0 Å². The number of hydrogen-bond donors (Lipinski definition) is 0. The van der Waals surface area contributed by atoms with Gasteiger partial charge in [-0.3, -0.25) is 0 Å². The summed E-state index contributed by atoms with van der Waals surface area (Å²) in [5.74, 6) is 0.916. The standard InChI is InChI=1S/C8H8/c1-2-6-7-3-5(1)4-8(6)7/h3,7H,1-2,4H2. The third kappa shape index (κ3) is 0.218. The molecule has 4 rings (SSSR count). The number of fused-ring (bicyclic) bond motifs is 1. The highest BCUT2D eigenvalue weighted by Crippen LogP contribution is 2.57. The summed E-state index contributed by atoms with van der Waals surface area (Å²) < 4.78 is 0. The van der Waals surface area contributed by atoms with Crippen LogP contribution in [0.4, 0.5) is 0 Å². The highest BCUT2D eigenvalue weighted by Gasteiger charge is 2.42. The van der Waals surface area contributed by atoms with Gasteiger partial charge in [-0.2, -0.15) is 0 Å². The topological polar surface area (TPSA) is 0 Å². The molecule has 40 valence electrons. The first-order valence-corrected chi connectivity index (χ1v) is 3.36. The lowest BCUT2D eigenvalue weighted by molar-refractivity contribution is 0.861. The molecule has 0 radical (unpaired) electrons. The molecule has 0 heteroatoms.